The Bertz CT molecular complexity index is 807. The Labute approximate surface area is 167 Å². The van der Waals surface area contributed by atoms with E-state index in [-0.39, 0.29) is 21.1 Å². The minimum Gasteiger partial charge on any atom is -0.398 e. The molecule has 1 aromatic rings. The fourth-order valence-electron chi connectivity index (χ4n) is 4.84. The molecule has 3 nitrogen and oxygen atoms in total. The van der Waals surface area contributed by atoms with Crippen LogP contribution in [-0.2, 0) is 9.59 Å². The molecular weight excluding hydrogens is 354 g/mol. The zero-order valence-electron chi connectivity index (χ0n) is 17.6. The van der Waals surface area contributed by atoms with Crippen molar-refractivity contribution in [3.8, 4) is 0 Å². The van der Waals surface area contributed by atoms with Gasteiger partial charge in [0.1, 0.15) is 5.92 Å². The number of benzene rings is 1. The summed E-state index contributed by atoms with van der Waals surface area (Å²) in [5, 5.41) is 0. The Hall–Kier alpha value is -1.55. The number of anilines is 1. The van der Waals surface area contributed by atoms with E-state index in [2.05, 4.69) is 19.9 Å². The number of hydrogen-bond donors (Lipinski definition) is 1. The number of Topliss-reactive ketones (excluding diaryl/α,β-unsaturated/α-hetero) is 2. The van der Waals surface area contributed by atoms with Crippen LogP contribution in [-0.4, -0.2) is 21.1 Å². The Morgan fingerprint density at radius 1 is 1.00 bits per heavy atom. The Morgan fingerprint density at radius 3 is 2.11 bits per heavy atom. The van der Waals surface area contributed by atoms with E-state index in [0.717, 1.165) is 36.1 Å². The van der Waals surface area contributed by atoms with Crippen LogP contribution in [0.1, 0.15) is 77.8 Å². The lowest BCUT2D eigenvalue weighted by Gasteiger charge is -2.45. The molecule has 0 bridgehead atoms. The summed E-state index contributed by atoms with van der Waals surface area (Å²) in [5.74, 6) is -0.475. The van der Waals surface area contributed by atoms with Crippen LogP contribution in [0.15, 0.2) is 24.3 Å². The molecule has 150 valence electrons. The highest BCUT2D eigenvalue weighted by Crippen LogP contribution is 2.49. The normalized spacial score (nSPS) is 26.9. The van der Waals surface area contributed by atoms with Crippen molar-refractivity contribution in [1.82, 2.24) is 0 Å². The van der Waals surface area contributed by atoms with Gasteiger partial charge in [-0.2, -0.15) is 0 Å². The van der Waals surface area contributed by atoms with Crippen molar-refractivity contribution < 1.29 is 9.59 Å². The zero-order valence-corrected chi connectivity index (χ0v) is 19.0. The monoisotopic (exact) mass is 389 g/mol. The van der Waals surface area contributed by atoms with Gasteiger partial charge in [0, 0.05) is 20.7 Å². The first-order valence-electron chi connectivity index (χ1n) is 10.0. The molecule has 0 radical (unpaired) electrons. The summed E-state index contributed by atoms with van der Waals surface area (Å²) < 4.78 is -0.727. The van der Waals surface area contributed by atoms with Gasteiger partial charge < -0.3 is 5.73 Å². The lowest BCUT2D eigenvalue weighted by Crippen LogP contribution is -2.51. The van der Waals surface area contributed by atoms with Gasteiger partial charge in [-0.15, -0.1) is 0 Å². The van der Waals surface area contributed by atoms with Crippen molar-refractivity contribution >= 4 is 34.6 Å². The van der Waals surface area contributed by atoms with E-state index in [9.17, 15) is 9.59 Å². The van der Waals surface area contributed by atoms with Crippen molar-refractivity contribution in [2.75, 3.05) is 5.73 Å². The van der Waals surface area contributed by atoms with E-state index in [1.54, 1.807) is 0 Å². The number of allylic oxidation sites excluding steroid dienone is 2. The van der Waals surface area contributed by atoms with Gasteiger partial charge in [0.25, 0.3) is 0 Å². The SMILES string of the molecule is CC1(C)CC=C(c2cc(C3C(=O)C(C)(C)[SH4]C(C)(C)C3=O)ccc2N)CC1. The Balaban J connectivity index is 2.04. The summed E-state index contributed by atoms with van der Waals surface area (Å²) in [6, 6.07) is 5.77. The third kappa shape index (κ3) is 3.73. The smallest absolute Gasteiger partial charge is 0.159 e. The molecule has 3 rings (SSSR count). The molecule has 0 atom stereocenters. The third-order valence-electron chi connectivity index (χ3n) is 6.47. The standard InChI is InChI=1S/C23H35NO2S/c1-21(2)11-9-14(10-12-21)16-13-15(7-8-17(16)24)18-19(25)22(3,4)27-23(5,6)20(18)26/h7-9,13,18H,10-12,24H2,1-6H3,27H4. The second-order valence-corrected chi connectivity index (χ2v) is 14.4. The maximum atomic E-state index is 13.2. The summed E-state index contributed by atoms with van der Waals surface area (Å²) in [7, 11) is 0. The second kappa shape index (κ2) is 6.51. The number of carbonyl (C=O) groups is 2. The van der Waals surface area contributed by atoms with Crippen LogP contribution < -0.4 is 5.73 Å². The number of ketones is 2. The molecule has 2 aliphatic rings. The van der Waals surface area contributed by atoms with Crippen LogP contribution in [0.5, 0.6) is 0 Å². The highest BCUT2D eigenvalue weighted by Gasteiger charge is 2.50. The average Bonchev–Trinajstić information content (AvgIpc) is 2.54. The van der Waals surface area contributed by atoms with E-state index in [1.165, 1.54) is 5.57 Å². The number of nitrogens with two attached hydrogens (primary N) is 1. The van der Waals surface area contributed by atoms with Crippen molar-refractivity contribution in [2.24, 2.45) is 5.41 Å². The summed E-state index contributed by atoms with van der Waals surface area (Å²) in [6.45, 7) is 12.7. The van der Waals surface area contributed by atoms with Crippen molar-refractivity contribution in [3.05, 3.63) is 35.4 Å². The van der Waals surface area contributed by atoms with E-state index in [1.807, 2.05) is 45.9 Å². The summed E-state index contributed by atoms with van der Waals surface area (Å²) in [5.41, 5.74) is 10.4. The molecule has 0 amide bonds. The Morgan fingerprint density at radius 2 is 1.59 bits per heavy atom. The summed E-state index contributed by atoms with van der Waals surface area (Å²) >= 11 is -0.852. The predicted molar refractivity (Wildman–Crippen MR) is 121 cm³/mol. The molecule has 1 fully saturated rings. The van der Waals surface area contributed by atoms with Gasteiger partial charge in [0.15, 0.2) is 11.6 Å². The highest BCUT2D eigenvalue weighted by atomic mass is 32.2. The van der Waals surface area contributed by atoms with E-state index in [0.29, 0.717) is 5.41 Å². The Kier molecular flexibility index (Phi) is 4.87. The van der Waals surface area contributed by atoms with Crippen LogP contribution in [0.2, 0.25) is 0 Å². The molecule has 1 saturated heterocycles. The molecule has 0 spiro atoms. The van der Waals surface area contributed by atoms with Crippen LogP contribution in [0.3, 0.4) is 0 Å². The minimum absolute atomic E-state index is 0.0907. The highest BCUT2D eigenvalue weighted by molar-refractivity contribution is 8.03. The molecule has 1 aromatic carbocycles. The topological polar surface area (TPSA) is 60.2 Å². The van der Waals surface area contributed by atoms with E-state index >= 15 is 0 Å². The van der Waals surface area contributed by atoms with E-state index in [4.69, 9.17) is 5.73 Å². The molecule has 1 heterocycles. The quantitative estimate of drug-likeness (QED) is 0.605. The van der Waals surface area contributed by atoms with E-state index < -0.39 is 17.7 Å². The molecule has 0 unspecified atom stereocenters. The lowest BCUT2D eigenvalue weighted by molar-refractivity contribution is -0.132. The van der Waals surface area contributed by atoms with Crippen molar-refractivity contribution in [1.29, 1.82) is 0 Å². The molecule has 1 aliphatic heterocycles. The molecule has 0 aromatic heterocycles. The van der Waals surface area contributed by atoms with Gasteiger partial charge in [0.05, 0.1) is 0 Å². The molecule has 27 heavy (non-hydrogen) atoms. The number of rotatable bonds is 2. The average molecular weight is 390 g/mol. The first-order valence-corrected chi connectivity index (χ1v) is 11.4. The fraction of sp³-hybridized carbons (Fsp3) is 0.565. The number of carbonyl (C=O) groups excluding carboxylic acids is 2. The van der Waals surface area contributed by atoms with Gasteiger partial charge in [-0.3, -0.25) is 21.4 Å². The molecule has 1 aliphatic carbocycles. The number of hydrogen-bond acceptors (Lipinski definition) is 3. The lowest BCUT2D eigenvalue weighted by atomic mass is 9.75. The van der Waals surface area contributed by atoms with Crippen LogP contribution in [0, 0.1) is 5.41 Å². The van der Waals surface area contributed by atoms with Gasteiger partial charge in [-0.1, -0.05) is 26.0 Å². The van der Waals surface area contributed by atoms with Crippen LogP contribution >= 0.6 is 11.8 Å². The van der Waals surface area contributed by atoms with Gasteiger partial charge in [0.2, 0.25) is 0 Å². The first-order chi connectivity index (χ1) is 12.3. The maximum Gasteiger partial charge on any atom is 0.159 e. The van der Waals surface area contributed by atoms with Crippen molar-refractivity contribution in [3.63, 3.8) is 0 Å². The van der Waals surface area contributed by atoms with Gasteiger partial charge in [-0.05, 0) is 75.6 Å². The van der Waals surface area contributed by atoms with Crippen LogP contribution in [0.25, 0.3) is 5.57 Å². The first kappa shape index (κ1) is 20.2. The summed E-state index contributed by atoms with van der Waals surface area (Å²) in [6.07, 6.45) is 5.41. The largest absolute Gasteiger partial charge is 0.398 e. The second-order valence-electron chi connectivity index (χ2n) is 10.6. The molecule has 2 N–H and O–H groups in total. The maximum absolute atomic E-state index is 13.2. The van der Waals surface area contributed by atoms with Crippen LogP contribution in [0.4, 0.5) is 5.69 Å². The van der Waals surface area contributed by atoms with Crippen molar-refractivity contribution in [2.45, 2.75) is 76.2 Å². The van der Waals surface area contributed by atoms with Gasteiger partial charge in [-0.25, -0.2) is 0 Å². The minimum atomic E-state index is -0.852. The van der Waals surface area contributed by atoms with Gasteiger partial charge >= 0.3 is 0 Å². The number of nitrogen functional groups attached to an aromatic ring is 1. The molecule has 4 heteroatoms. The molecule has 0 saturated carbocycles. The zero-order chi connectivity index (χ0) is 20.2. The predicted octanol–water partition coefficient (Wildman–Crippen LogP) is 4.32. The fourth-order valence-corrected chi connectivity index (χ4v) is 7.80. The molecular formula is C23H35NO2S. The third-order valence-corrected chi connectivity index (χ3v) is 8.94. The summed E-state index contributed by atoms with van der Waals surface area (Å²) in [4.78, 5) is 26.3.